The fourth-order valence-electron chi connectivity index (χ4n) is 2.79. The van der Waals surface area contributed by atoms with Crippen LogP contribution in [0.2, 0.25) is 0 Å². The molecule has 0 aliphatic carbocycles. The average molecular weight is 318 g/mol. The zero-order valence-corrected chi connectivity index (χ0v) is 14.0. The van der Waals surface area contributed by atoms with Gasteiger partial charge in [-0.1, -0.05) is 32.0 Å². The minimum absolute atomic E-state index is 0.0137. The van der Waals surface area contributed by atoms with Crippen molar-refractivity contribution in [3.05, 3.63) is 29.8 Å². The van der Waals surface area contributed by atoms with Crippen molar-refractivity contribution in [3.8, 4) is 5.75 Å². The molecule has 5 heteroatoms. The molecule has 1 N–H and O–H groups in total. The maximum Gasteiger partial charge on any atom is 0.260 e. The SMILES string of the molecule is CCC(=O)N[C@@H](CC)c1ccccc1OCC(=O)N1CCCC1. The predicted octanol–water partition coefficient (Wildman–Crippen LogP) is 2.67. The van der Waals surface area contributed by atoms with Crippen LogP contribution < -0.4 is 10.1 Å². The van der Waals surface area contributed by atoms with Crippen LogP contribution in [-0.4, -0.2) is 36.4 Å². The fourth-order valence-corrected chi connectivity index (χ4v) is 2.79. The Morgan fingerprint density at radius 1 is 1.22 bits per heavy atom. The minimum atomic E-state index is -0.0967. The molecule has 1 heterocycles. The maximum atomic E-state index is 12.1. The van der Waals surface area contributed by atoms with E-state index in [4.69, 9.17) is 4.74 Å². The summed E-state index contributed by atoms with van der Waals surface area (Å²) in [6.07, 6.45) is 3.37. The van der Waals surface area contributed by atoms with Crippen LogP contribution in [0.15, 0.2) is 24.3 Å². The lowest BCUT2D eigenvalue weighted by atomic mass is 10.0. The van der Waals surface area contributed by atoms with Gasteiger partial charge >= 0.3 is 0 Å². The van der Waals surface area contributed by atoms with E-state index in [1.54, 1.807) is 0 Å². The summed E-state index contributed by atoms with van der Waals surface area (Å²) in [6, 6.07) is 7.51. The maximum absolute atomic E-state index is 12.1. The van der Waals surface area contributed by atoms with Gasteiger partial charge in [0.15, 0.2) is 6.61 Å². The number of carbonyl (C=O) groups is 2. The van der Waals surface area contributed by atoms with Gasteiger partial charge in [0.05, 0.1) is 6.04 Å². The van der Waals surface area contributed by atoms with Crippen LogP contribution in [-0.2, 0) is 9.59 Å². The van der Waals surface area contributed by atoms with Crippen molar-refractivity contribution in [2.24, 2.45) is 0 Å². The largest absolute Gasteiger partial charge is 0.483 e. The molecule has 1 aromatic carbocycles. The van der Waals surface area contributed by atoms with E-state index >= 15 is 0 Å². The molecular formula is C18H26N2O3. The second kappa shape index (κ2) is 8.56. The smallest absolute Gasteiger partial charge is 0.260 e. The monoisotopic (exact) mass is 318 g/mol. The Labute approximate surface area is 138 Å². The van der Waals surface area contributed by atoms with Crippen LogP contribution >= 0.6 is 0 Å². The van der Waals surface area contributed by atoms with Crippen LogP contribution in [0.3, 0.4) is 0 Å². The Balaban J connectivity index is 2.03. The summed E-state index contributed by atoms with van der Waals surface area (Å²) in [5.41, 5.74) is 0.922. The van der Waals surface area contributed by atoms with Crippen LogP contribution in [0, 0.1) is 0 Å². The number of carbonyl (C=O) groups excluding carboxylic acids is 2. The quantitative estimate of drug-likeness (QED) is 0.841. The first-order valence-corrected chi connectivity index (χ1v) is 8.44. The zero-order chi connectivity index (χ0) is 16.7. The molecule has 0 aromatic heterocycles. The average Bonchev–Trinajstić information content (AvgIpc) is 3.12. The molecule has 2 amide bonds. The summed E-state index contributed by atoms with van der Waals surface area (Å²) >= 11 is 0. The molecule has 1 aromatic rings. The highest BCUT2D eigenvalue weighted by molar-refractivity contribution is 5.78. The Kier molecular flexibility index (Phi) is 6.44. The molecule has 0 spiro atoms. The molecule has 2 rings (SSSR count). The number of rotatable bonds is 7. The van der Waals surface area contributed by atoms with Crippen molar-refractivity contribution in [2.45, 2.75) is 45.6 Å². The number of amides is 2. The Morgan fingerprint density at radius 2 is 1.91 bits per heavy atom. The second-order valence-electron chi connectivity index (χ2n) is 5.80. The molecule has 1 saturated heterocycles. The van der Waals surface area contributed by atoms with E-state index in [1.807, 2.05) is 43.0 Å². The molecule has 1 atom stereocenters. The number of hydrogen-bond acceptors (Lipinski definition) is 3. The van der Waals surface area contributed by atoms with Crippen LogP contribution in [0.4, 0.5) is 0 Å². The molecule has 1 aliphatic rings. The van der Waals surface area contributed by atoms with Crippen molar-refractivity contribution in [1.82, 2.24) is 10.2 Å². The highest BCUT2D eigenvalue weighted by atomic mass is 16.5. The minimum Gasteiger partial charge on any atom is -0.483 e. The van der Waals surface area contributed by atoms with Gasteiger partial charge in [0.1, 0.15) is 5.75 Å². The molecule has 1 aliphatic heterocycles. The molecule has 0 radical (unpaired) electrons. The van der Waals surface area contributed by atoms with Gasteiger partial charge in [-0.15, -0.1) is 0 Å². The van der Waals surface area contributed by atoms with E-state index in [1.165, 1.54) is 0 Å². The van der Waals surface area contributed by atoms with Crippen molar-refractivity contribution >= 4 is 11.8 Å². The lowest BCUT2D eigenvalue weighted by Gasteiger charge is -2.21. The molecule has 0 bridgehead atoms. The predicted molar refractivity (Wildman–Crippen MR) is 89.2 cm³/mol. The van der Waals surface area contributed by atoms with Crippen molar-refractivity contribution < 1.29 is 14.3 Å². The number of likely N-dealkylation sites (tertiary alicyclic amines) is 1. The first-order valence-electron chi connectivity index (χ1n) is 8.44. The van der Waals surface area contributed by atoms with Gasteiger partial charge in [-0.2, -0.15) is 0 Å². The van der Waals surface area contributed by atoms with Crippen molar-refractivity contribution in [1.29, 1.82) is 0 Å². The third-order valence-corrected chi connectivity index (χ3v) is 4.17. The van der Waals surface area contributed by atoms with E-state index in [0.29, 0.717) is 12.2 Å². The van der Waals surface area contributed by atoms with Crippen molar-refractivity contribution in [2.75, 3.05) is 19.7 Å². The van der Waals surface area contributed by atoms with Gasteiger partial charge in [-0.25, -0.2) is 0 Å². The van der Waals surface area contributed by atoms with E-state index in [0.717, 1.165) is 37.9 Å². The molecule has 0 unspecified atom stereocenters. The highest BCUT2D eigenvalue weighted by Gasteiger charge is 2.20. The zero-order valence-electron chi connectivity index (χ0n) is 14.0. The highest BCUT2D eigenvalue weighted by Crippen LogP contribution is 2.27. The van der Waals surface area contributed by atoms with Gasteiger partial charge < -0.3 is 15.0 Å². The molecule has 1 fully saturated rings. The molecule has 0 saturated carbocycles. The molecule has 126 valence electrons. The number of benzene rings is 1. The first-order chi connectivity index (χ1) is 11.2. The lowest BCUT2D eigenvalue weighted by Crippen LogP contribution is -2.32. The number of hydrogen-bond donors (Lipinski definition) is 1. The van der Waals surface area contributed by atoms with E-state index in [-0.39, 0.29) is 24.5 Å². The van der Waals surface area contributed by atoms with E-state index < -0.39 is 0 Å². The van der Waals surface area contributed by atoms with Crippen LogP contribution in [0.1, 0.15) is 51.1 Å². The summed E-state index contributed by atoms with van der Waals surface area (Å²) in [4.78, 5) is 25.7. The molecule has 23 heavy (non-hydrogen) atoms. The van der Waals surface area contributed by atoms with Gasteiger partial charge in [0.25, 0.3) is 5.91 Å². The Hall–Kier alpha value is -2.04. The van der Waals surface area contributed by atoms with Gasteiger partial charge in [-0.05, 0) is 25.3 Å². The Morgan fingerprint density at radius 3 is 2.57 bits per heavy atom. The summed E-state index contributed by atoms with van der Waals surface area (Å²) in [5, 5.41) is 3.00. The topological polar surface area (TPSA) is 58.6 Å². The lowest BCUT2D eigenvalue weighted by molar-refractivity contribution is -0.132. The fraction of sp³-hybridized carbons (Fsp3) is 0.556. The third-order valence-electron chi connectivity index (χ3n) is 4.17. The number of nitrogens with zero attached hydrogens (tertiary/aromatic N) is 1. The number of para-hydroxylation sites is 1. The number of ether oxygens (including phenoxy) is 1. The van der Waals surface area contributed by atoms with Gasteiger partial charge in [0, 0.05) is 25.1 Å². The normalized spacial score (nSPS) is 15.3. The van der Waals surface area contributed by atoms with E-state index in [2.05, 4.69) is 5.32 Å². The van der Waals surface area contributed by atoms with Gasteiger partial charge in [-0.3, -0.25) is 9.59 Å². The summed E-state index contributed by atoms with van der Waals surface area (Å²) in [6.45, 7) is 5.56. The Bertz CT molecular complexity index is 539. The number of nitrogens with one attached hydrogen (secondary N) is 1. The van der Waals surface area contributed by atoms with E-state index in [9.17, 15) is 9.59 Å². The van der Waals surface area contributed by atoms with Crippen LogP contribution in [0.5, 0.6) is 5.75 Å². The summed E-state index contributed by atoms with van der Waals surface area (Å²) in [5.74, 6) is 0.714. The second-order valence-corrected chi connectivity index (χ2v) is 5.80. The first kappa shape index (κ1) is 17.3. The molecule has 5 nitrogen and oxygen atoms in total. The molecular weight excluding hydrogens is 292 g/mol. The summed E-state index contributed by atoms with van der Waals surface area (Å²) in [7, 11) is 0. The standard InChI is InChI=1S/C18H26N2O3/c1-3-15(19-17(21)4-2)14-9-5-6-10-16(14)23-13-18(22)20-11-7-8-12-20/h5-6,9-10,15H,3-4,7-8,11-13H2,1-2H3,(H,19,21)/t15-/m0/s1. The van der Waals surface area contributed by atoms with Gasteiger partial charge in [0.2, 0.25) is 5.91 Å². The van der Waals surface area contributed by atoms with Crippen LogP contribution in [0.25, 0.3) is 0 Å². The third kappa shape index (κ3) is 4.71. The van der Waals surface area contributed by atoms with Crippen molar-refractivity contribution in [3.63, 3.8) is 0 Å². The summed E-state index contributed by atoms with van der Waals surface area (Å²) < 4.78 is 5.77.